The number of hydrogen-bond donors (Lipinski definition) is 0. The van der Waals surface area contributed by atoms with E-state index in [4.69, 9.17) is 4.74 Å². The Bertz CT molecular complexity index is 812. The number of carbonyl (C=O) groups is 1. The Kier molecular flexibility index (Phi) is 4.46. The molecular formula is C15H14N2O2S3. The van der Waals surface area contributed by atoms with Gasteiger partial charge >= 0.3 is 5.97 Å². The summed E-state index contributed by atoms with van der Waals surface area (Å²) in [7, 11) is 1.40. The van der Waals surface area contributed by atoms with Gasteiger partial charge in [-0.1, -0.05) is 17.8 Å². The highest BCUT2D eigenvalue weighted by atomic mass is 32.2. The van der Waals surface area contributed by atoms with Crippen LogP contribution in [-0.4, -0.2) is 28.3 Å². The molecule has 1 atom stereocenters. The van der Waals surface area contributed by atoms with E-state index in [2.05, 4.69) is 26.8 Å². The molecule has 0 aliphatic carbocycles. The Morgan fingerprint density at radius 2 is 2.18 bits per heavy atom. The fourth-order valence-corrected chi connectivity index (χ4v) is 5.00. The normalized spacial score (nSPS) is 12.5. The summed E-state index contributed by atoms with van der Waals surface area (Å²) in [6.07, 6.45) is 0. The van der Waals surface area contributed by atoms with Crippen LogP contribution in [0.5, 0.6) is 0 Å². The molecule has 0 spiro atoms. The molecular weight excluding hydrogens is 336 g/mol. The maximum atomic E-state index is 11.7. The van der Waals surface area contributed by atoms with Crippen LogP contribution in [0.3, 0.4) is 0 Å². The van der Waals surface area contributed by atoms with Gasteiger partial charge in [0.05, 0.1) is 12.5 Å². The third kappa shape index (κ3) is 2.88. The van der Waals surface area contributed by atoms with E-state index < -0.39 is 0 Å². The zero-order valence-electron chi connectivity index (χ0n) is 12.3. The second-order valence-electron chi connectivity index (χ2n) is 4.67. The molecule has 0 saturated carbocycles. The average molecular weight is 350 g/mol. The predicted molar refractivity (Wildman–Crippen MR) is 92.8 cm³/mol. The lowest BCUT2D eigenvalue weighted by atomic mass is 10.2. The lowest BCUT2D eigenvalue weighted by Crippen LogP contribution is -2.15. The first-order valence-electron chi connectivity index (χ1n) is 6.64. The summed E-state index contributed by atoms with van der Waals surface area (Å²) in [5, 5.41) is 5.72. The summed E-state index contributed by atoms with van der Waals surface area (Å²) < 4.78 is 4.81. The monoisotopic (exact) mass is 350 g/mol. The third-order valence-corrected chi connectivity index (χ3v) is 5.96. The van der Waals surface area contributed by atoms with Crippen LogP contribution >= 0.6 is 34.4 Å². The number of thiophene rings is 2. The first-order chi connectivity index (χ1) is 10.6. The predicted octanol–water partition coefficient (Wildman–Crippen LogP) is 4.38. The number of methoxy groups -OCH3 is 1. The van der Waals surface area contributed by atoms with Gasteiger partial charge in [0.15, 0.2) is 0 Å². The lowest BCUT2D eigenvalue weighted by molar-refractivity contribution is -0.139. The van der Waals surface area contributed by atoms with Crippen LogP contribution in [0.15, 0.2) is 27.9 Å². The highest BCUT2D eigenvalue weighted by Gasteiger charge is 2.21. The molecule has 3 aromatic heterocycles. The van der Waals surface area contributed by atoms with Crippen LogP contribution in [0.25, 0.3) is 20.7 Å². The van der Waals surface area contributed by atoms with Gasteiger partial charge in [-0.15, -0.1) is 22.7 Å². The Labute approximate surface area is 140 Å². The van der Waals surface area contributed by atoms with Crippen molar-refractivity contribution in [1.82, 2.24) is 9.97 Å². The van der Waals surface area contributed by atoms with Crippen molar-refractivity contribution < 1.29 is 9.53 Å². The van der Waals surface area contributed by atoms with Crippen LogP contribution < -0.4 is 0 Å². The number of hydrogen-bond acceptors (Lipinski definition) is 7. The molecule has 3 aromatic rings. The number of fused-ring (bicyclic) bond motifs is 1. The van der Waals surface area contributed by atoms with Crippen molar-refractivity contribution in [3.63, 3.8) is 0 Å². The van der Waals surface area contributed by atoms with E-state index in [1.54, 1.807) is 22.7 Å². The number of aryl methyl sites for hydroxylation is 1. The molecule has 0 aliphatic heterocycles. The molecule has 7 heteroatoms. The van der Waals surface area contributed by atoms with Crippen LogP contribution in [-0.2, 0) is 9.53 Å². The molecule has 0 unspecified atom stereocenters. The van der Waals surface area contributed by atoms with Crippen LogP contribution in [0.1, 0.15) is 12.7 Å². The maximum absolute atomic E-state index is 11.7. The minimum absolute atomic E-state index is 0.248. The molecule has 0 bridgehead atoms. The van der Waals surface area contributed by atoms with Gasteiger partial charge in [0.2, 0.25) is 0 Å². The molecule has 0 amide bonds. The Balaban J connectivity index is 2.12. The molecule has 22 heavy (non-hydrogen) atoms. The molecule has 4 nitrogen and oxygen atoms in total. The van der Waals surface area contributed by atoms with Gasteiger partial charge in [-0.2, -0.15) is 0 Å². The number of thioether (sulfide) groups is 1. The van der Waals surface area contributed by atoms with Crippen LogP contribution in [0.4, 0.5) is 0 Å². The fourth-order valence-electron chi connectivity index (χ4n) is 2.09. The molecule has 0 fully saturated rings. The van der Waals surface area contributed by atoms with E-state index in [-0.39, 0.29) is 11.2 Å². The SMILES string of the molecule is COC(=O)[C@H](C)Sc1nc(C)nc2scc(-c3cccs3)c12. The molecule has 0 N–H and O–H groups in total. The summed E-state index contributed by atoms with van der Waals surface area (Å²) in [6.45, 7) is 3.70. The second kappa shape index (κ2) is 6.36. The molecule has 3 heterocycles. The van der Waals surface area contributed by atoms with Gasteiger partial charge in [0.1, 0.15) is 20.9 Å². The molecule has 0 saturated heterocycles. The van der Waals surface area contributed by atoms with Crippen molar-refractivity contribution in [2.24, 2.45) is 0 Å². The van der Waals surface area contributed by atoms with Gasteiger partial charge in [0, 0.05) is 15.8 Å². The topological polar surface area (TPSA) is 52.1 Å². The van der Waals surface area contributed by atoms with Gasteiger partial charge in [-0.05, 0) is 25.3 Å². The minimum Gasteiger partial charge on any atom is -0.468 e. The molecule has 0 aliphatic rings. The van der Waals surface area contributed by atoms with E-state index in [0.29, 0.717) is 5.82 Å². The van der Waals surface area contributed by atoms with E-state index in [1.807, 2.05) is 19.9 Å². The number of carbonyl (C=O) groups excluding carboxylic acids is 1. The van der Waals surface area contributed by atoms with Crippen molar-refractivity contribution in [2.75, 3.05) is 7.11 Å². The summed E-state index contributed by atoms with van der Waals surface area (Å²) in [5.41, 5.74) is 1.13. The smallest absolute Gasteiger partial charge is 0.318 e. The zero-order chi connectivity index (χ0) is 15.7. The highest BCUT2D eigenvalue weighted by molar-refractivity contribution is 8.00. The largest absolute Gasteiger partial charge is 0.468 e. The first-order valence-corrected chi connectivity index (χ1v) is 9.28. The van der Waals surface area contributed by atoms with E-state index in [0.717, 1.165) is 20.8 Å². The molecule has 0 aromatic carbocycles. The average Bonchev–Trinajstić information content (AvgIpc) is 3.14. The maximum Gasteiger partial charge on any atom is 0.318 e. The number of aromatic nitrogens is 2. The fraction of sp³-hybridized carbons (Fsp3) is 0.267. The van der Waals surface area contributed by atoms with Crippen LogP contribution in [0, 0.1) is 6.92 Å². The summed E-state index contributed by atoms with van der Waals surface area (Å²) in [4.78, 5) is 22.9. The molecule has 0 radical (unpaired) electrons. The Morgan fingerprint density at radius 3 is 2.86 bits per heavy atom. The molecule has 3 rings (SSSR count). The summed E-state index contributed by atoms with van der Waals surface area (Å²) in [5.74, 6) is 0.467. The van der Waals surface area contributed by atoms with Crippen LogP contribution in [0.2, 0.25) is 0 Å². The Hall–Kier alpha value is -1.44. The quantitative estimate of drug-likeness (QED) is 0.397. The van der Waals surface area contributed by atoms with E-state index in [1.165, 1.54) is 23.7 Å². The standard InChI is InChI=1S/C15H14N2O2S3/c1-8(15(18)19-3)22-14-12-10(11-5-4-6-20-11)7-21-13(12)16-9(2)17-14/h4-8H,1-3H3/t8-/m0/s1. The number of nitrogens with zero attached hydrogens (tertiary/aromatic N) is 2. The second-order valence-corrected chi connectivity index (χ2v) is 7.80. The molecule has 114 valence electrons. The van der Waals surface area contributed by atoms with E-state index >= 15 is 0 Å². The van der Waals surface area contributed by atoms with Crippen molar-refractivity contribution >= 4 is 50.6 Å². The Morgan fingerprint density at radius 1 is 1.36 bits per heavy atom. The summed E-state index contributed by atoms with van der Waals surface area (Å²) >= 11 is 4.72. The van der Waals surface area contributed by atoms with Gasteiger partial charge in [-0.3, -0.25) is 4.79 Å². The van der Waals surface area contributed by atoms with Gasteiger partial charge < -0.3 is 4.74 Å². The van der Waals surface area contributed by atoms with Gasteiger partial charge in [-0.25, -0.2) is 9.97 Å². The van der Waals surface area contributed by atoms with E-state index in [9.17, 15) is 4.79 Å². The number of ether oxygens (including phenoxy) is 1. The van der Waals surface area contributed by atoms with Crippen molar-refractivity contribution in [1.29, 1.82) is 0 Å². The minimum atomic E-state index is -0.307. The van der Waals surface area contributed by atoms with Crippen molar-refractivity contribution in [2.45, 2.75) is 24.1 Å². The lowest BCUT2D eigenvalue weighted by Gasteiger charge is -2.10. The number of esters is 1. The zero-order valence-corrected chi connectivity index (χ0v) is 14.8. The number of rotatable bonds is 4. The van der Waals surface area contributed by atoms with Crippen molar-refractivity contribution in [3.8, 4) is 10.4 Å². The highest BCUT2D eigenvalue weighted by Crippen LogP contribution is 2.40. The first kappa shape index (κ1) is 15.5. The van der Waals surface area contributed by atoms with Crippen molar-refractivity contribution in [3.05, 3.63) is 28.7 Å². The van der Waals surface area contributed by atoms with Gasteiger partial charge in [0.25, 0.3) is 0 Å². The summed E-state index contributed by atoms with van der Waals surface area (Å²) in [6, 6.07) is 4.12. The third-order valence-electron chi connectivity index (χ3n) is 3.12.